The minimum Gasteiger partial charge on any atom is -0.372 e. The summed E-state index contributed by atoms with van der Waals surface area (Å²) in [5.74, 6) is 5.85. The summed E-state index contributed by atoms with van der Waals surface area (Å²) in [4.78, 5) is 11.3. The van der Waals surface area contributed by atoms with Gasteiger partial charge in [0.05, 0.1) is 6.42 Å². The minimum absolute atomic E-state index is 0.0130. The van der Waals surface area contributed by atoms with Crippen molar-refractivity contribution in [2.45, 2.75) is 6.42 Å². The van der Waals surface area contributed by atoms with E-state index in [-0.39, 0.29) is 5.91 Å². The number of rotatable bonds is 3. The molecule has 3 heteroatoms. The summed E-state index contributed by atoms with van der Waals surface area (Å²) in [5.41, 5.74) is 1.81. The molecule has 0 saturated heterocycles. The Hall–Kier alpha value is -1.79. The third-order valence-corrected chi connectivity index (χ3v) is 2.09. The van der Waals surface area contributed by atoms with E-state index in [2.05, 4.69) is 17.2 Å². The summed E-state index contributed by atoms with van der Waals surface area (Å²) >= 11 is 0. The number of hydrogen-bond donors (Lipinski definition) is 1. The molecule has 0 heterocycles. The molecular weight excluding hydrogens is 202 g/mol. The lowest BCUT2D eigenvalue weighted by molar-refractivity contribution is -0.119. The standard InChI is InChI=1S/C13H15NO2/c1-14-13(15)10-12-7-4-3-6-11(12)8-5-9-16-2/h3-4,6-7H,9-10H2,1-2H3,(H,14,15). The first-order chi connectivity index (χ1) is 7.77. The zero-order chi connectivity index (χ0) is 11.8. The molecule has 0 aliphatic rings. The van der Waals surface area contributed by atoms with E-state index in [9.17, 15) is 4.79 Å². The molecule has 84 valence electrons. The molecule has 0 fully saturated rings. The minimum atomic E-state index is -0.0130. The Morgan fingerprint density at radius 2 is 2.19 bits per heavy atom. The van der Waals surface area contributed by atoms with Gasteiger partial charge in [0, 0.05) is 19.7 Å². The van der Waals surface area contributed by atoms with Gasteiger partial charge in [0.1, 0.15) is 6.61 Å². The van der Waals surface area contributed by atoms with Crippen LogP contribution in [0, 0.1) is 11.8 Å². The molecule has 0 saturated carbocycles. The Bertz CT molecular complexity index is 415. The molecule has 1 aromatic rings. The third-order valence-electron chi connectivity index (χ3n) is 2.09. The Morgan fingerprint density at radius 1 is 1.44 bits per heavy atom. The van der Waals surface area contributed by atoms with Crippen LogP contribution in [-0.4, -0.2) is 26.7 Å². The maximum absolute atomic E-state index is 11.3. The van der Waals surface area contributed by atoms with Crippen LogP contribution in [-0.2, 0) is 16.0 Å². The quantitative estimate of drug-likeness (QED) is 0.766. The van der Waals surface area contributed by atoms with Crippen molar-refractivity contribution >= 4 is 5.91 Å². The SMILES string of the molecule is CNC(=O)Cc1ccccc1C#CCOC. The first-order valence-electron chi connectivity index (χ1n) is 5.04. The normalized spacial score (nSPS) is 9.12. The van der Waals surface area contributed by atoms with E-state index in [1.165, 1.54) is 0 Å². The molecule has 1 aromatic carbocycles. The van der Waals surface area contributed by atoms with Gasteiger partial charge in [-0.2, -0.15) is 0 Å². The molecule has 16 heavy (non-hydrogen) atoms. The molecule has 0 bridgehead atoms. The number of carbonyl (C=O) groups excluding carboxylic acids is 1. The lowest BCUT2D eigenvalue weighted by atomic mass is 10.0. The molecule has 1 rings (SSSR count). The first-order valence-corrected chi connectivity index (χ1v) is 5.04. The fourth-order valence-corrected chi connectivity index (χ4v) is 1.26. The van der Waals surface area contributed by atoms with E-state index in [0.29, 0.717) is 13.0 Å². The second-order valence-electron chi connectivity index (χ2n) is 3.24. The fraction of sp³-hybridized carbons (Fsp3) is 0.308. The second kappa shape index (κ2) is 6.65. The number of benzene rings is 1. The molecule has 0 aliphatic heterocycles. The van der Waals surface area contributed by atoms with Gasteiger partial charge in [0.25, 0.3) is 0 Å². The number of likely N-dealkylation sites (N-methyl/N-ethyl adjacent to an activating group) is 1. The smallest absolute Gasteiger partial charge is 0.224 e. The first kappa shape index (κ1) is 12.3. The van der Waals surface area contributed by atoms with E-state index in [1.807, 2.05) is 24.3 Å². The summed E-state index contributed by atoms with van der Waals surface area (Å²) < 4.78 is 4.85. The van der Waals surface area contributed by atoms with E-state index < -0.39 is 0 Å². The van der Waals surface area contributed by atoms with E-state index in [1.54, 1.807) is 14.2 Å². The topological polar surface area (TPSA) is 38.3 Å². The summed E-state index contributed by atoms with van der Waals surface area (Å²) in [6.07, 6.45) is 0.355. The lowest BCUT2D eigenvalue weighted by Crippen LogP contribution is -2.20. The van der Waals surface area contributed by atoms with Crippen molar-refractivity contribution in [3.05, 3.63) is 35.4 Å². The van der Waals surface area contributed by atoms with Gasteiger partial charge in [0.15, 0.2) is 0 Å². The van der Waals surface area contributed by atoms with Gasteiger partial charge < -0.3 is 10.1 Å². The second-order valence-corrected chi connectivity index (χ2v) is 3.24. The number of amides is 1. The van der Waals surface area contributed by atoms with Crippen molar-refractivity contribution in [2.75, 3.05) is 20.8 Å². The van der Waals surface area contributed by atoms with Crippen molar-refractivity contribution in [3.8, 4) is 11.8 Å². The zero-order valence-corrected chi connectivity index (χ0v) is 9.54. The van der Waals surface area contributed by atoms with Crippen molar-refractivity contribution in [3.63, 3.8) is 0 Å². The highest BCUT2D eigenvalue weighted by Gasteiger charge is 2.03. The van der Waals surface area contributed by atoms with Crippen LogP contribution >= 0.6 is 0 Å². The molecule has 0 radical (unpaired) electrons. The Labute approximate surface area is 95.8 Å². The summed E-state index contributed by atoms with van der Waals surface area (Å²) in [6, 6.07) is 7.62. The molecule has 0 aliphatic carbocycles. The number of hydrogen-bond acceptors (Lipinski definition) is 2. The highest BCUT2D eigenvalue weighted by Crippen LogP contribution is 2.07. The van der Waals surface area contributed by atoms with Gasteiger partial charge in [-0.15, -0.1) is 0 Å². The number of carbonyl (C=O) groups is 1. The lowest BCUT2D eigenvalue weighted by Gasteiger charge is -2.03. The highest BCUT2D eigenvalue weighted by molar-refractivity contribution is 5.79. The predicted molar refractivity (Wildman–Crippen MR) is 63.0 cm³/mol. The van der Waals surface area contributed by atoms with Gasteiger partial charge in [-0.25, -0.2) is 0 Å². The van der Waals surface area contributed by atoms with E-state index >= 15 is 0 Å². The average molecular weight is 217 g/mol. The molecule has 3 nitrogen and oxygen atoms in total. The number of methoxy groups -OCH3 is 1. The van der Waals surface area contributed by atoms with Crippen molar-refractivity contribution < 1.29 is 9.53 Å². The Balaban J connectivity index is 2.84. The third kappa shape index (κ3) is 3.76. The number of nitrogens with one attached hydrogen (secondary N) is 1. The summed E-state index contributed by atoms with van der Waals surface area (Å²) in [7, 11) is 3.23. The van der Waals surface area contributed by atoms with Crippen LogP contribution in [0.1, 0.15) is 11.1 Å². The van der Waals surface area contributed by atoms with Crippen LogP contribution in [0.5, 0.6) is 0 Å². The van der Waals surface area contributed by atoms with Gasteiger partial charge in [-0.1, -0.05) is 30.0 Å². The summed E-state index contributed by atoms with van der Waals surface area (Å²) in [6.45, 7) is 0.397. The molecule has 0 unspecified atom stereocenters. The zero-order valence-electron chi connectivity index (χ0n) is 9.54. The molecule has 1 amide bonds. The summed E-state index contributed by atoms with van der Waals surface area (Å²) in [5, 5.41) is 2.60. The van der Waals surface area contributed by atoms with Crippen LogP contribution < -0.4 is 5.32 Å². The number of ether oxygens (including phenoxy) is 1. The molecular formula is C13H15NO2. The largest absolute Gasteiger partial charge is 0.372 e. The van der Waals surface area contributed by atoms with Gasteiger partial charge in [-0.3, -0.25) is 4.79 Å². The molecule has 0 aromatic heterocycles. The van der Waals surface area contributed by atoms with Crippen LogP contribution in [0.2, 0.25) is 0 Å². The Kier molecular flexibility index (Phi) is 5.10. The van der Waals surface area contributed by atoms with Crippen LogP contribution in [0.15, 0.2) is 24.3 Å². The maximum Gasteiger partial charge on any atom is 0.224 e. The van der Waals surface area contributed by atoms with Crippen molar-refractivity contribution in [1.82, 2.24) is 5.32 Å². The van der Waals surface area contributed by atoms with E-state index in [4.69, 9.17) is 4.74 Å². The van der Waals surface area contributed by atoms with Crippen LogP contribution in [0.25, 0.3) is 0 Å². The van der Waals surface area contributed by atoms with Gasteiger partial charge in [0.2, 0.25) is 5.91 Å². The van der Waals surface area contributed by atoms with Crippen LogP contribution in [0.3, 0.4) is 0 Å². The monoisotopic (exact) mass is 217 g/mol. The fourth-order valence-electron chi connectivity index (χ4n) is 1.26. The molecule has 1 N–H and O–H groups in total. The predicted octanol–water partition coefficient (Wildman–Crippen LogP) is 0.973. The van der Waals surface area contributed by atoms with Crippen molar-refractivity contribution in [1.29, 1.82) is 0 Å². The average Bonchev–Trinajstić information content (AvgIpc) is 2.31. The van der Waals surface area contributed by atoms with Crippen molar-refractivity contribution in [2.24, 2.45) is 0 Å². The highest BCUT2D eigenvalue weighted by atomic mass is 16.5. The Morgan fingerprint density at radius 3 is 2.88 bits per heavy atom. The molecule has 0 atom stereocenters. The van der Waals surface area contributed by atoms with Crippen LogP contribution in [0.4, 0.5) is 0 Å². The molecule has 0 spiro atoms. The van der Waals surface area contributed by atoms with Gasteiger partial charge in [-0.05, 0) is 11.6 Å². The van der Waals surface area contributed by atoms with E-state index in [0.717, 1.165) is 11.1 Å². The maximum atomic E-state index is 11.3. The van der Waals surface area contributed by atoms with Gasteiger partial charge >= 0.3 is 0 Å².